The van der Waals surface area contributed by atoms with E-state index >= 15 is 0 Å². The third kappa shape index (κ3) is 10.5. The van der Waals surface area contributed by atoms with Crippen molar-refractivity contribution in [3.05, 3.63) is 107 Å². The van der Waals surface area contributed by atoms with Crippen LogP contribution in [0.2, 0.25) is 0 Å². The molecule has 2 aliphatic heterocycles. The van der Waals surface area contributed by atoms with Gasteiger partial charge in [0.25, 0.3) is 5.91 Å². The van der Waals surface area contributed by atoms with Crippen LogP contribution in [0.15, 0.2) is 73.6 Å². The van der Waals surface area contributed by atoms with Gasteiger partial charge >= 0.3 is 5.97 Å². The predicted octanol–water partition coefficient (Wildman–Crippen LogP) is 7.18. The Balaban J connectivity index is 0.000000169. The van der Waals surface area contributed by atoms with Gasteiger partial charge in [-0.25, -0.2) is 33.5 Å². The number of aryl methyl sites for hydroxylation is 2. The zero-order valence-corrected chi connectivity index (χ0v) is 35.6. The number of nitrogens with one attached hydrogen (secondary N) is 3. The molecule has 4 N–H and O–H groups in total. The number of rotatable bonds is 10. The summed E-state index contributed by atoms with van der Waals surface area (Å²) in [6.45, 7) is 6.14. The average Bonchev–Trinajstić information content (AvgIpc) is 4.17. The maximum Gasteiger partial charge on any atom is 0.338 e. The Bertz CT molecular complexity index is 2770. The number of benzene rings is 2. The SMILES string of the molecule is Cc1cnc(Nc2cnn(C3CC3)c2)nc1-c1ccc(C(=O)N2CC(C#N)C2)c(F)c1.Cc1cnc(Nc2cnn(C3CC3)c2)nc1-c1ccc(C(=O)O)c(F)c1.Cl.N#CC1CNC1. The molecule has 2 saturated heterocycles. The molecule has 17 nitrogen and oxygen atoms in total. The van der Waals surface area contributed by atoms with Gasteiger partial charge in [0, 0.05) is 62.1 Å². The maximum absolute atomic E-state index is 14.8. The zero-order chi connectivity index (χ0) is 44.2. The number of hydrogen-bond donors (Lipinski definition) is 4. The third-order valence-corrected chi connectivity index (χ3v) is 10.8. The number of carbonyl (C=O) groups excluding carboxylic acids is 1. The van der Waals surface area contributed by atoms with E-state index in [1.165, 1.54) is 35.2 Å². The van der Waals surface area contributed by atoms with Gasteiger partial charge in [-0.05, 0) is 74.9 Å². The molecule has 4 aliphatic rings. The van der Waals surface area contributed by atoms with E-state index in [1.54, 1.807) is 30.9 Å². The molecule has 2 aromatic carbocycles. The molecule has 0 bridgehead atoms. The quantitative estimate of drug-likeness (QED) is 0.107. The zero-order valence-electron chi connectivity index (χ0n) is 34.7. The highest BCUT2D eigenvalue weighted by molar-refractivity contribution is 5.95. The van der Waals surface area contributed by atoms with Crippen LogP contribution in [0.25, 0.3) is 22.5 Å². The standard InChI is InChI=1S/C22H20FN7O.C18H16FN5O2.C4H6N2.ClH/c1-13-8-25-22(27-16-9-26-30(12-16)17-3-4-17)28-20(13)15-2-5-18(19(23)6-15)21(31)29-10-14(7-24)11-29;1-10-7-20-18(22-12-8-21-24(9-12)13-3-4-13)23-16(10)11-2-5-14(17(25)26)15(19)6-11;5-1-4-2-6-3-4;/h2,5-6,8-9,12,14,17H,3-4,10-11H2,1H3,(H,25,27,28);2,5-9,13H,3-4H2,1H3,(H,25,26)(H,20,22,23);4,6H,2-3H2;1H. The summed E-state index contributed by atoms with van der Waals surface area (Å²) in [5, 5.41) is 43.8. The van der Waals surface area contributed by atoms with E-state index < -0.39 is 23.5 Å². The number of carbonyl (C=O) groups is 2. The van der Waals surface area contributed by atoms with Gasteiger partial charge in [0.1, 0.15) is 11.6 Å². The Morgan fingerprint density at radius 1 is 0.734 bits per heavy atom. The lowest BCUT2D eigenvalue weighted by Crippen LogP contribution is -2.49. The fourth-order valence-electron chi connectivity index (χ4n) is 6.68. The van der Waals surface area contributed by atoms with Crippen LogP contribution in [-0.2, 0) is 0 Å². The summed E-state index contributed by atoms with van der Waals surface area (Å²) in [7, 11) is 0. The van der Waals surface area contributed by atoms with Crippen molar-refractivity contribution in [3.63, 3.8) is 0 Å². The second-order valence-electron chi connectivity index (χ2n) is 15.8. The number of nitrogens with zero attached hydrogens (tertiary/aromatic N) is 11. The normalized spacial score (nSPS) is 15.3. The fraction of sp³-hybridized carbons (Fsp3) is 0.318. The molecule has 10 rings (SSSR count). The van der Waals surface area contributed by atoms with Crippen LogP contribution in [0.4, 0.5) is 32.1 Å². The molecule has 2 saturated carbocycles. The van der Waals surface area contributed by atoms with Crippen LogP contribution in [0.5, 0.6) is 0 Å². The first-order valence-electron chi connectivity index (χ1n) is 20.4. The minimum Gasteiger partial charge on any atom is -0.478 e. The highest BCUT2D eigenvalue weighted by atomic mass is 35.5. The lowest BCUT2D eigenvalue weighted by atomic mass is 9.99. The Kier molecular flexibility index (Phi) is 13.5. The van der Waals surface area contributed by atoms with Crippen LogP contribution in [-0.4, -0.2) is 87.6 Å². The molecule has 4 fully saturated rings. The molecule has 6 heterocycles. The van der Waals surface area contributed by atoms with Crippen molar-refractivity contribution in [1.29, 1.82) is 10.5 Å². The van der Waals surface area contributed by atoms with Gasteiger partial charge in [-0.15, -0.1) is 12.4 Å². The highest BCUT2D eigenvalue weighted by Crippen LogP contribution is 2.36. The lowest BCUT2D eigenvalue weighted by molar-refractivity contribution is 0.0572. The van der Waals surface area contributed by atoms with Crippen molar-refractivity contribution in [2.75, 3.05) is 36.8 Å². The van der Waals surface area contributed by atoms with E-state index in [0.29, 0.717) is 65.5 Å². The summed E-state index contributed by atoms with van der Waals surface area (Å²) in [5.41, 5.74) is 4.91. The first-order chi connectivity index (χ1) is 30.5. The number of nitriles is 2. The molecule has 1 amide bonds. The number of aromatic carboxylic acids is 1. The van der Waals surface area contributed by atoms with Gasteiger partial charge < -0.3 is 26.0 Å². The van der Waals surface area contributed by atoms with E-state index in [-0.39, 0.29) is 29.5 Å². The van der Waals surface area contributed by atoms with Gasteiger partial charge in [0.05, 0.1) is 82.3 Å². The molecular formula is C44H43ClF2N14O3. The summed E-state index contributed by atoms with van der Waals surface area (Å²) in [5.74, 6) is -2.21. The molecular weight excluding hydrogens is 846 g/mol. The lowest BCUT2D eigenvalue weighted by Gasteiger charge is -2.35. The Morgan fingerprint density at radius 2 is 1.20 bits per heavy atom. The number of anilines is 4. The third-order valence-electron chi connectivity index (χ3n) is 10.8. The molecule has 0 atom stereocenters. The van der Waals surface area contributed by atoms with Crippen LogP contribution in [0, 0.1) is 60.0 Å². The van der Waals surface area contributed by atoms with E-state index in [1.807, 2.05) is 35.6 Å². The fourth-order valence-corrected chi connectivity index (χ4v) is 6.68. The number of carboxylic acids is 1. The molecule has 4 aromatic heterocycles. The minimum atomic E-state index is -1.30. The number of amides is 1. The van der Waals surface area contributed by atoms with Crippen LogP contribution < -0.4 is 16.0 Å². The number of halogens is 3. The van der Waals surface area contributed by atoms with Gasteiger partial charge in [-0.2, -0.15) is 20.7 Å². The second-order valence-corrected chi connectivity index (χ2v) is 15.8. The Morgan fingerprint density at radius 3 is 1.58 bits per heavy atom. The van der Waals surface area contributed by atoms with Crippen molar-refractivity contribution in [2.45, 2.75) is 51.6 Å². The van der Waals surface area contributed by atoms with Gasteiger partial charge in [0.15, 0.2) is 0 Å². The monoisotopic (exact) mass is 888 g/mol. The van der Waals surface area contributed by atoms with Gasteiger partial charge in [0.2, 0.25) is 11.9 Å². The van der Waals surface area contributed by atoms with E-state index in [2.05, 4.69) is 58.2 Å². The predicted molar refractivity (Wildman–Crippen MR) is 233 cm³/mol. The van der Waals surface area contributed by atoms with Crippen LogP contribution in [0.1, 0.15) is 69.6 Å². The van der Waals surface area contributed by atoms with E-state index in [4.69, 9.17) is 15.6 Å². The molecule has 328 valence electrons. The highest BCUT2D eigenvalue weighted by Gasteiger charge is 2.32. The first-order valence-corrected chi connectivity index (χ1v) is 20.4. The number of likely N-dealkylation sites (tertiary alicyclic amines) is 1. The van der Waals surface area contributed by atoms with Gasteiger partial charge in [-0.1, -0.05) is 12.1 Å². The summed E-state index contributed by atoms with van der Waals surface area (Å²) in [6, 6.07) is 13.6. The molecule has 0 radical (unpaired) electrons. The molecule has 64 heavy (non-hydrogen) atoms. The van der Waals surface area contributed by atoms with Crippen molar-refractivity contribution >= 4 is 47.6 Å². The Labute approximate surface area is 372 Å². The summed E-state index contributed by atoms with van der Waals surface area (Å²) < 4.78 is 32.6. The smallest absolute Gasteiger partial charge is 0.338 e. The van der Waals surface area contributed by atoms with Crippen molar-refractivity contribution in [2.24, 2.45) is 11.8 Å². The van der Waals surface area contributed by atoms with Crippen molar-refractivity contribution in [3.8, 4) is 34.7 Å². The summed E-state index contributed by atoms with van der Waals surface area (Å²) >= 11 is 0. The van der Waals surface area contributed by atoms with Crippen molar-refractivity contribution < 1.29 is 23.5 Å². The number of hydrogen-bond acceptors (Lipinski definition) is 13. The summed E-state index contributed by atoms with van der Waals surface area (Å²) in [4.78, 5) is 42.5. The molecule has 2 aliphatic carbocycles. The van der Waals surface area contributed by atoms with E-state index in [0.717, 1.165) is 61.3 Å². The second kappa shape index (κ2) is 19.4. The number of aromatic nitrogens is 8. The van der Waals surface area contributed by atoms with E-state index in [9.17, 15) is 18.4 Å². The molecule has 0 spiro atoms. The topological polar surface area (TPSA) is 228 Å². The largest absolute Gasteiger partial charge is 0.478 e. The first kappa shape index (κ1) is 44.7. The maximum atomic E-state index is 14.8. The molecule has 0 unspecified atom stereocenters. The van der Waals surface area contributed by atoms with Gasteiger partial charge in [-0.3, -0.25) is 14.2 Å². The van der Waals surface area contributed by atoms with Crippen LogP contribution >= 0.6 is 12.4 Å². The minimum absolute atomic E-state index is 0. The summed E-state index contributed by atoms with van der Waals surface area (Å²) in [6.07, 6.45) is 15.2. The Hall–Kier alpha value is -7.35. The number of carboxylic acid groups (broad SMARTS) is 1. The molecule has 20 heteroatoms. The molecule has 6 aromatic rings. The van der Waals surface area contributed by atoms with Crippen molar-refractivity contribution in [1.82, 2.24) is 49.7 Å². The average molecular weight is 889 g/mol. The van der Waals surface area contributed by atoms with Crippen LogP contribution in [0.3, 0.4) is 0 Å².